The van der Waals surface area contributed by atoms with Crippen molar-refractivity contribution >= 4 is 27.7 Å². The van der Waals surface area contributed by atoms with E-state index in [0.717, 1.165) is 48.2 Å². The van der Waals surface area contributed by atoms with Crippen molar-refractivity contribution in [3.8, 4) is 0 Å². The lowest BCUT2D eigenvalue weighted by molar-refractivity contribution is -0.00546. The van der Waals surface area contributed by atoms with Gasteiger partial charge >= 0.3 is 0 Å². The fraction of sp³-hybridized carbons (Fsp3) is 0.455. The Balaban J connectivity index is 1.47. The zero-order valence-electron chi connectivity index (χ0n) is 16.3. The smallest absolute Gasteiger partial charge is 0.253 e. The molecule has 1 aromatic heterocycles. The zero-order chi connectivity index (χ0) is 19.7. The Kier molecular flexibility index (Phi) is 5.43. The number of carbonyl (C=O) groups excluding carboxylic acids is 1. The van der Waals surface area contributed by atoms with Crippen LogP contribution in [0.15, 0.2) is 47.1 Å². The zero-order valence-corrected chi connectivity index (χ0v) is 17.9. The van der Waals surface area contributed by atoms with Crippen molar-refractivity contribution in [3.05, 3.63) is 58.2 Å². The summed E-state index contributed by atoms with van der Waals surface area (Å²) in [6.07, 6.45) is 5.10. The molecule has 5 nitrogen and oxygen atoms in total. The summed E-state index contributed by atoms with van der Waals surface area (Å²) in [6, 6.07) is 12.0. The van der Waals surface area contributed by atoms with Gasteiger partial charge in [-0.25, -0.2) is 4.98 Å². The number of rotatable bonds is 4. The van der Waals surface area contributed by atoms with Crippen molar-refractivity contribution < 1.29 is 9.53 Å². The molecular weight excluding hydrogens is 418 g/mol. The van der Waals surface area contributed by atoms with Crippen LogP contribution in [0.1, 0.15) is 49.0 Å². The molecule has 0 spiro atoms. The number of halogens is 1. The molecule has 0 unspecified atom stereocenters. The van der Waals surface area contributed by atoms with E-state index in [4.69, 9.17) is 4.74 Å². The first-order valence-electron chi connectivity index (χ1n) is 9.90. The second kappa shape index (κ2) is 7.84. The first-order valence-corrected chi connectivity index (χ1v) is 10.7. The largest absolute Gasteiger partial charge is 0.372 e. The van der Waals surface area contributed by atoms with Crippen LogP contribution in [0.25, 0.3) is 0 Å². The number of nitrogens with zero attached hydrogens (tertiary/aromatic N) is 2. The molecule has 2 aliphatic rings. The molecule has 148 valence electrons. The third kappa shape index (κ3) is 3.94. The second-order valence-corrected chi connectivity index (χ2v) is 8.88. The molecule has 2 fully saturated rings. The quantitative estimate of drug-likeness (QED) is 0.766. The first kappa shape index (κ1) is 19.4. The van der Waals surface area contributed by atoms with Crippen LogP contribution >= 0.6 is 15.9 Å². The number of nitrogens with one attached hydrogen (secondary N) is 1. The molecule has 0 radical (unpaired) electrons. The van der Waals surface area contributed by atoms with E-state index in [1.807, 2.05) is 24.3 Å². The third-order valence-corrected chi connectivity index (χ3v) is 6.24. The Morgan fingerprint density at radius 1 is 1.14 bits per heavy atom. The van der Waals surface area contributed by atoms with E-state index in [1.54, 1.807) is 6.20 Å². The summed E-state index contributed by atoms with van der Waals surface area (Å²) in [5.41, 5.74) is 1.50. The van der Waals surface area contributed by atoms with E-state index in [2.05, 4.69) is 57.1 Å². The number of amides is 1. The first-order chi connectivity index (χ1) is 13.4. The normalized spacial score (nSPS) is 23.8. The van der Waals surface area contributed by atoms with E-state index in [9.17, 15) is 4.79 Å². The molecule has 1 aliphatic carbocycles. The van der Waals surface area contributed by atoms with Gasteiger partial charge in [0.05, 0.1) is 23.3 Å². The fourth-order valence-corrected chi connectivity index (χ4v) is 4.41. The van der Waals surface area contributed by atoms with E-state index < -0.39 is 0 Å². The summed E-state index contributed by atoms with van der Waals surface area (Å²) in [5.74, 6) is 0.829. The van der Waals surface area contributed by atoms with Crippen molar-refractivity contribution in [2.45, 2.75) is 50.9 Å². The van der Waals surface area contributed by atoms with E-state index >= 15 is 0 Å². The molecule has 6 heteroatoms. The molecule has 0 bridgehead atoms. The maximum absolute atomic E-state index is 12.9. The van der Waals surface area contributed by atoms with Gasteiger partial charge in [-0.1, -0.05) is 28.1 Å². The van der Waals surface area contributed by atoms with Crippen molar-refractivity contribution in [2.24, 2.45) is 0 Å². The van der Waals surface area contributed by atoms with Crippen molar-refractivity contribution in [3.63, 3.8) is 0 Å². The molecule has 2 aromatic rings. The monoisotopic (exact) mass is 443 g/mol. The van der Waals surface area contributed by atoms with Gasteiger partial charge in [0.25, 0.3) is 5.91 Å². The summed E-state index contributed by atoms with van der Waals surface area (Å²) in [7, 11) is 0. The summed E-state index contributed by atoms with van der Waals surface area (Å²) in [6.45, 7) is 5.78. The van der Waals surface area contributed by atoms with E-state index in [0.29, 0.717) is 5.56 Å². The van der Waals surface area contributed by atoms with Crippen LogP contribution in [0.3, 0.4) is 0 Å². The van der Waals surface area contributed by atoms with Gasteiger partial charge in [-0.2, -0.15) is 0 Å². The van der Waals surface area contributed by atoms with Crippen LogP contribution < -0.4 is 10.2 Å². The number of aromatic nitrogens is 1. The Morgan fingerprint density at radius 2 is 1.82 bits per heavy atom. The highest BCUT2D eigenvalue weighted by molar-refractivity contribution is 9.10. The predicted molar refractivity (Wildman–Crippen MR) is 114 cm³/mol. The molecule has 4 rings (SSSR count). The van der Waals surface area contributed by atoms with Crippen LogP contribution in [0.2, 0.25) is 0 Å². The number of hydrogen-bond acceptors (Lipinski definition) is 4. The second-order valence-electron chi connectivity index (χ2n) is 7.96. The molecular formula is C22H26BrN3O2. The number of carbonyl (C=O) groups is 1. The van der Waals surface area contributed by atoms with E-state index in [-0.39, 0.29) is 23.7 Å². The van der Waals surface area contributed by atoms with Gasteiger partial charge in [-0.3, -0.25) is 4.79 Å². The highest BCUT2D eigenvalue weighted by Crippen LogP contribution is 2.41. The summed E-state index contributed by atoms with van der Waals surface area (Å²) >= 11 is 3.48. The highest BCUT2D eigenvalue weighted by Gasteiger charge is 2.40. The number of hydrogen-bond donors (Lipinski definition) is 1. The molecule has 1 aliphatic heterocycles. The van der Waals surface area contributed by atoms with Gasteiger partial charge in [-0.15, -0.1) is 0 Å². The average molecular weight is 444 g/mol. The van der Waals surface area contributed by atoms with Gasteiger partial charge < -0.3 is 15.0 Å². The van der Waals surface area contributed by atoms with Crippen LogP contribution in [-0.2, 0) is 10.3 Å². The minimum atomic E-state index is -0.258. The molecule has 1 amide bonds. The minimum Gasteiger partial charge on any atom is -0.372 e. The average Bonchev–Trinajstić information content (AvgIpc) is 2.65. The minimum absolute atomic E-state index is 0.0645. The lowest BCUT2D eigenvalue weighted by Gasteiger charge is -2.43. The number of benzene rings is 1. The molecule has 1 saturated carbocycles. The van der Waals surface area contributed by atoms with Gasteiger partial charge in [0, 0.05) is 23.8 Å². The Hall–Kier alpha value is -1.92. The SMILES string of the molecule is C[C@@H]1CN(c2ccc(C(=O)NC3(c4ccc(Br)cc4)CCC3)cn2)C[C@@H](C)O1. The van der Waals surface area contributed by atoms with Crippen molar-refractivity contribution in [2.75, 3.05) is 18.0 Å². The van der Waals surface area contributed by atoms with Gasteiger partial charge in [-0.05, 0) is 62.9 Å². The van der Waals surface area contributed by atoms with Crippen LogP contribution in [0, 0.1) is 0 Å². The lowest BCUT2D eigenvalue weighted by atomic mass is 9.71. The molecule has 2 atom stereocenters. The Labute approximate surface area is 174 Å². The maximum atomic E-state index is 12.9. The van der Waals surface area contributed by atoms with Gasteiger partial charge in [0.15, 0.2) is 0 Å². The molecule has 1 aromatic carbocycles. The third-order valence-electron chi connectivity index (χ3n) is 5.71. The number of morpholine rings is 1. The number of ether oxygens (including phenoxy) is 1. The summed E-state index contributed by atoms with van der Waals surface area (Å²) in [4.78, 5) is 19.7. The highest BCUT2D eigenvalue weighted by atomic mass is 79.9. The van der Waals surface area contributed by atoms with Gasteiger partial charge in [0.1, 0.15) is 5.82 Å². The molecule has 1 saturated heterocycles. The van der Waals surface area contributed by atoms with Crippen LogP contribution in [0.5, 0.6) is 0 Å². The lowest BCUT2D eigenvalue weighted by Crippen LogP contribution is -2.50. The Morgan fingerprint density at radius 3 is 2.36 bits per heavy atom. The summed E-state index contributed by atoms with van der Waals surface area (Å²) in [5, 5.41) is 3.27. The number of anilines is 1. The fourth-order valence-electron chi connectivity index (χ4n) is 4.15. The molecule has 1 N–H and O–H groups in total. The maximum Gasteiger partial charge on any atom is 0.253 e. The van der Waals surface area contributed by atoms with E-state index in [1.165, 1.54) is 0 Å². The molecule has 28 heavy (non-hydrogen) atoms. The summed E-state index contributed by atoms with van der Waals surface area (Å²) < 4.78 is 6.83. The molecule has 2 heterocycles. The van der Waals surface area contributed by atoms with Gasteiger partial charge in [0.2, 0.25) is 0 Å². The topological polar surface area (TPSA) is 54.5 Å². The Bertz CT molecular complexity index is 824. The van der Waals surface area contributed by atoms with Crippen molar-refractivity contribution in [1.29, 1.82) is 0 Å². The van der Waals surface area contributed by atoms with Crippen molar-refractivity contribution in [1.82, 2.24) is 10.3 Å². The standard InChI is InChI=1S/C22H26BrN3O2/c1-15-13-26(14-16(2)28-15)20-9-4-17(12-24-20)21(27)25-22(10-3-11-22)18-5-7-19(23)8-6-18/h4-9,12,15-16H,3,10-11,13-14H2,1-2H3,(H,25,27)/t15-,16-/m1/s1. The number of pyridine rings is 1. The predicted octanol–water partition coefficient (Wildman–Crippen LogP) is 4.27. The van der Waals surface area contributed by atoms with Crippen LogP contribution in [-0.4, -0.2) is 36.2 Å². The van der Waals surface area contributed by atoms with Crippen LogP contribution in [0.4, 0.5) is 5.82 Å².